The molecule has 0 aliphatic heterocycles. The molecule has 0 spiro atoms. The Morgan fingerprint density at radius 3 is 2.92 bits per heavy atom. The molecule has 1 heterocycles. The molecule has 1 aliphatic carbocycles. The summed E-state index contributed by atoms with van der Waals surface area (Å²) in [6, 6.07) is 0.359. The number of H-pyrrole nitrogens is 1. The fourth-order valence-electron chi connectivity index (χ4n) is 1.71. The third-order valence-electron chi connectivity index (χ3n) is 2.40. The van der Waals surface area contributed by atoms with Crippen LogP contribution >= 0.6 is 0 Å². The monoisotopic (exact) mass is 179 g/mol. The van der Waals surface area contributed by atoms with Crippen molar-refractivity contribution in [1.29, 1.82) is 0 Å². The van der Waals surface area contributed by atoms with Gasteiger partial charge in [0.25, 0.3) is 5.91 Å². The number of aromatic amines is 1. The van der Waals surface area contributed by atoms with Crippen LogP contribution in [0.1, 0.15) is 36.3 Å². The van der Waals surface area contributed by atoms with Gasteiger partial charge in [0.05, 0.1) is 0 Å². The van der Waals surface area contributed by atoms with Gasteiger partial charge in [0, 0.05) is 18.4 Å². The van der Waals surface area contributed by atoms with E-state index >= 15 is 0 Å². The zero-order valence-electron chi connectivity index (χ0n) is 7.42. The SMILES string of the molecule is O=C(NC1CCCC1)c1ncc[nH]1. The highest BCUT2D eigenvalue weighted by Gasteiger charge is 2.18. The lowest BCUT2D eigenvalue weighted by Crippen LogP contribution is -2.33. The van der Waals surface area contributed by atoms with Crippen LogP contribution in [0.3, 0.4) is 0 Å². The molecule has 1 aliphatic rings. The number of nitrogens with zero attached hydrogens (tertiary/aromatic N) is 1. The predicted molar refractivity (Wildman–Crippen MR) is 48.3 cm³/mol. The molecule has 0 unspecified atom stereocenters. The van der Waals surface area contributed by atoms with E-state index in [-0.39, 0.29) is 5.91 Å². The lowest BCUT2D eigenvalue weighted by Gasteiger charge is -2.09. The summed E-state index contributed by atoms with van der Waals surface area (Å²) in [6.45, 7) is 0. The van der Waals surface area contributed by atoms with Crippen LogP contribution < -0.4 is 5.32 Å². The van der Waals surface area contributed by atoms with Crippen molar-refractivity contribution in [2.24, 2.45) is 0 Å². The van der Waals surface area contributed by atoms with E-state index in [1.807, 2.05) is 0 Å². The summed E-state index contributed by atoms with van der Waals surface area (Å²) < 4.78 is 0. The van der Waals surface area contributed by atoms with Crippen LogP contribution in [0.5, 0.6) is 0 Å². The summed E-state index contributed by atoms with van der Waals surface area (Å²) in [5, 5.41) is 2.95. The van der Waals surface area contributed by atoms with Gasteiger partial charge in [-0.05, 0) is 12.8 Å². The molecule has 0 radical (unpaired) electrons. The van der Waals surface area contributed by atoms with Crippen LogP contribution in [0.2, 0.25) is 0 Å². The highest BCUT2D eigenvalue weighted by atomic mass is 16.2. The first-order chi connectivity index (χ1) is 6.36. The van der Waals surface area contributed by atoms with Gasteiger partial charge >= 0.3 is 0 Å². The van der Waals surface area contributed by atoms with Gasteiger partial charge in [0.1, 0.15) is 0 Å². The third-order valence-corrected chi connectivity index (χ3v) is 2.40. The number of carbonyl (C=O) groups excluding carboxylic acids is 1. The van der Waals surface area contributed by atoms with Crippen molar-refractivity contribution in [3.05, 3.63) is 18.2 Å². The fourth-order valence-corrected chi connectivity index (χ4v) is 1.71. The Hall–Kier alpha value is -1.32. The second kappa shape index (κ2) is 3.60. The fraction of sp³-hybridized carbons (Fsp3) is 0.556. The number of amides is 1. The molecule has 4 heteroatoms. The Bertz CT molecular complexity index is 275. The molecule has 2 rings (SSSR count). The Balaban J connectivity index is 1.91. The van der Waals surface area contributed by atoms with Crippen LogP contribution in [-0.4, -0.2) is 21.9 Å². The van der Waals surface area contributed by atoms with Gasteiger partial charge in [0.15, 0.2) is 5.82 Å². The smallest absolute Gasteiger partial charge is 0.287 e. The molecule has 13 heavy (non-hydrogen) atoms. The minimum Gasteiger partial charge on any atom is -0.347 e. The van der Waals surface area contributed by atoms with Gasteiger partial charge in [-0.15, -0.1) is 0 Å². The molecule has 1 amide bonds. The zero-order chi connectivity index (χ0) is 9.10. The second-order valence-corrected chi connectivity index (χ2v) is 3.39. The summed E-state index contributed by atoms with van der Waals surface area (Å²) in [5.41, 5.74) is 0. The molecule has 70 valence electrons. The average Bonchev–Trinajstić information content (AvgIpc) is 2.74. The number of imidazole rings is 1. The van der Waals surface area contributed by atoms with E-state index in [9.17, 15) is 4.79 Å². The highest BCUT2D eigenvalue weighted by molar-refractivity contribution is 5.90. The first-order valence-electron chi connectivity index (χ1n) is 4.66. The van der Waals surface area contributed by atoms with E-state index in [1.54, 1.807) is 12.4 Å². The predicted octanol–water partition coefficient (Wildman–Crippen LogP) is 1.08. The Labute approximate surface area is 76.8 Å². The van der Waals surface area contributed by atoms with Gasteiger partial charge in [0.2, 0.25) is 0 Å². The van der Waals surface area contributed by atoms with E-state index in [2.05, 4.69) is 15.3 Å². The molecule has 0 aromatic carbocycles. The summed E-state index contributed by atoms with van der Waals surface area (Å²) in [6.07, 6.45) is 7.90. The Morgan fingerprint density at radius 2 is 2.31 bits per heavy atom. The first-order valence-corrected chi connectivity index (χ1v) is 4.66. The summed E-state index contributed by atoms with van der Waals surface area (Å²) in [4.78, 5) is 18.1. The molecule has 0 saturated heterocycles. The lowest BCUT2D eigenvalue weighted by molar-refractivity contribution is 0.0928. The van der Waals surface area contributed by atoms with Crippen LogP contribution in [0.4, 0.5) is 0 Å². The van der Waals surface area contributed by atoms with Gasteiger partial charge in [-0.3, -0.25) is 4.79 Å². The molecule has 1 aromatic heterocycles. The Morgan fingerprint density at radius 1 is 1.54 bits per heavy atom. The lowest BCUT2D eigenvalue weighted by atomic mass is 10.2. The highest BCUT2D eigenvalue weighted by Crippen LogP contribution is 2.17. The minimum atomic E-state index is -0.0862. The van der Waals surface area contributed by atoms with Crippen molar-refractivity contribution in [1.82, 2.24) is 15.3 Å². The van der Waals surface area contributed by atoms with Crippen LogP contribution in [-0.2, 0) is 0 Å². The number of hydrogen-bond acceptors (Lipinski definition) is 2. The first kappa shape index (κ1) is 8.29. The number of carbonyl (C=O) groups is 1. The van der Waals surface area contributed by atoms with Crippen molar-refractivity contribution in [3.8, 4) is 0 Å². The van der Waals surface area contributed by atoms with Crippen molar-refractivity contribution in [2.75, 3.05) is 0 Å². The molecular weight excluding hydrogens is 166 g/mol. The van der Waals surface area contributed by atoms with Crippen molar-refractivity contribution < 1.29 is 4.79 Å². The molecule has 4 nitrogen and oxygen atoms in total. The summed E-state index contributed by atoms with van der Waals surface area (Å²) >= 11 is 0. The molecule has 1 saturated carbocycles. The maximum Gasteiger partial charge on any atom is 0.287 e. The number of nitrogens with one attached hydrogen (secondary N) is 2. The number of aromatic nitrogens is 2. The quantitative estimate of drug-likeness (QED) is 0.713. The zero-order valence-corrected chi connectivity index (χ0v) is 7.42. The molecule has 0 bridgehead atoms. The van der Waals surface area contributed by atoms with E-state index < -0.39 is 0 Å². The van der Waals surface area contributed by atoms with Gasteiger partial charge in [-0.2, -0.15) is 0 Å². The van der Waals surface area contributed by atoms with E-state index in [0.29, 0.717) is 11.9 Å². The van der Waals surface area contributed by atoms with Gasteiger partial charge < -0.3 is 10.3 Å². The largest absolute Gasteiger partial charge is 0.347 e. The topological polar surface area (TPSA) is 57.8 Å². The van der Waals surface area contributed by atoms with Crippen molar-refractivity contribution >= 4 is 5.91 Å². The van der Waals surface area contributed by atoms with Crippen LogP contribution in [0.25, 0.3) is 0 Å². The van der Waals surface area contributed by atoms with Crippen molar-refractivity contribution in [3.63, 3.8) is 0 Å². The molecule has 1 aromatic rings. The Kier molecular flexibility index (Phi) is 2.29. The molecule has 1 fully saturated rings. The van der Waals surface area contributed by atoms with Gasteiger partial charge in [-0.1, -0.05) is 12.8 Å². The minimum absolute atomic E-state index is 0.0862. The average molecular weight is 179 g/mol. The van der Waals surface area contributed by atoms with E-state index in [4.69, 9.17) is 0 Å². The third kappa shape index (κ3) is 1.88. The molecule has 2 N–H and O–H groups in total. The molecule has 0 atom stereocenters. The maximum atomic E-state index is 11.5. The number of hydrogen-bond donors (Lipinski definition) is 2. The van der Waals surface area contributed by atoms with E-state index in [0.717, 1.165) is 12.8 Å². The molecular formula is C9H13N3O. The summed E-state index contributed by atoms with van der Waals surface area (Å²) in [5.74, 6) is 0.323. The maximum absolute atomic E-state index is 11.5. The number of rotatable bonds is 2. The summed E-state index contributed by atoms with van der Waals surface area (Å²) in [7, 11) is 0. The standard InChI is InChI=1S/C9H13N3O/c13-9(8-10-5-6-11-8)12-7-3-1-2-4-7/h5-7H,1-4H2,(H,10,11)(H,12,13). The normalized spacial score (nSPS) is 17.5. The van der Waals surface area contributed by atoms with Crippen molar-refractivity contribution in [2.45, 2.75) is 31.7 Å². The van der Waals surface area contributed by atoms with Gasteiger partial charge in [-0.25, -0.2) is 4.98 Å². The van der Waals surface area contributed by atoms with E-state index in [1.165, 1.54) is 12.8 Å². The second-order valence-electron chi connectivity index (χ2n) is 3.39. The van der Waals surface area contributed by atoms with Crippen LogP contribution in [0, 0.1) is 0 Å². The van der Waals surface area contributed by atoms with Crippen LogP contribution in [0.15, 0.2) is 12.4 Å².